The molecule has 0 spiro atoms. The van der Waals surface area contributed by atoms with Crippen LogP contribution in [-0.2, 0) is 14.6 Å². The van der Waals surface area contributed by atoms with Crippen LogP contribution in [-0.4, -0.2) is 47.1 Å². The van der Waals surface area contributed by atoms with Crippen LogP contribution in [0.25, 0.3) is 5.69 Å². The lowest BCUT2D eigenvalue weighted by atomic mass is 9.94. The quantitative estimate of drug-likeness (QED) is 0.767. The summed E-state index contributed by atoms with van der Waals surface area (Å²) in [4.78, 5) is 18.7. The van der Waals surface area contributed by atoms with E-state index in [2.05, 4.69) is 4.98 Å². The zero-order chi connectivity index (χ0) is 20.5. The second-order valence-corrected chi connectivity index (χ2v) is 9.96. The summed E-state index contributed by atoms with van der Waals surface area (Å²) in [6.45, 7) is 5.36. The summed E-state index contributed by atoms with van der Waals surface area (Å²) in [6, 6.07) is 5.98. The van der Waals surface area contributed by atoms with Gasteiger partial charge in [-0.3, -0.25) is 9.36 Å². The molecule has 1 aromatic heterocycles. The second-order valence-electron chi connectivity index (χ2n) is 7.80. The Balaban J connectivity index is 1.92. The maximum Gasteiger partial charge on any atom is 0.241 e. The summed E-state index contributed by atoms with van der Waals surface area (Å²) in [5.74, 6) is -0.359. The number of benzene rings is 1. The number of hydrogen-bond acceptors (Lipinski definition) is 4. The Bertz CT molecular complexity index is 959. The fourth-order valence-electron chi connectivity index (χ4n) is 3.89. The fraction of sp³-hybridized carbons (Fsp3) is 0.524. The van der Waals surface area contributed by atoms with Crippen molar-refractivity contribution < 1.29 is 13.2 Å². The fourth-order valence-corrected chi connectivity index (χ4v) is 5.28. The molecule has 2 aromatic rings. The van der Waals surface area contributed by atoms with Crippen molar-refractivity contribution >= 4 is 15.7 Å². The van der Waals surface area contributed by atoms with Crippen molar-refractivity contribution in [3.63, 3.8) is 0 Å². The van der Waals surface area contributed by atoms with Crippen LogP contribution in [0, 0.1) is 13.8 Å². The zero-order valence-corrected chi connectivity index (χ0v) is 17.9. The Morgan fingerprint density at radius 1 is 1.21 bits per heavy atom. The molecule has 7 heteroatoms. The van der Waals surface area contributed by atoms with Gasteiger partial charge in [0.2, 0.25) is 20.9 Å². The monoisotopic (exact) mass is 403 g/mol. The van der Waals surface area contributed by atoms with Crippen LogP contribution in [0.3, 0.4) is 0 Å². The Labute approximate surface area is 167 Å². The van der Waals surface area contributed by atoms with Gasteiger partial charge in [0.15, 0.2) is 0 Å². The number of imidazole rings is 1. The lowest BCUT2D eigenvalue weighted by Crippen LogP contribution is -2.45. The largest absolute Gasteiger partial charge is 0.342 e. The van der Waals surface area contributed by atoms with E-state index in [4.69, 9.17) is 0 Å². The van der Waals surface area contributed by atoms with Gasteiger partial charge in [0.1, 0.15) is 5.25 Å². The molecule has 0 bridgehead atoms. The molecule has 3 rings (SSSR count). The molecular weight excluding hydrogens is 374 g/mol. The van der Waals surface area contributed by atoms with Gasteiger partial charge < -0.3 is 4.90 Å². The average Bonchev–Trinajstić information content (AvgIpc) is 3.19. The molecule has 6 nitrogen and oxygen atoms in total. The molecule has 1 aliphatic rings. The molecule has 0 saturated heterocycles. The highest BCUT2D eigenvalue weighted by Crippen LogP contribution is 2.26. The summed E-state index contributed by atoms with van der Waals surface area (Å²) in [7, 11) is -2.20. The zero-order valence-electron chi connectivity index (χ0n) is 17.1. The molecule has 1 heterocycles. The second kappa shape index (κ2) is 8.07. The van der Waals surface area contributed by atoms with E-state index in [-0.39, 0.29) is 17.1 Å². The third kappa shape index (κ3) is 3.85. The summed E-state index contributed by atoms with van der Waals surface area (Å²) in [6.07, 6.45) is 8.33. The molecule has 0 radical (unpaired) electrons. The van der Waals surface area contributed by atoms with Crippen molar-refractivity contribution in [2.75, 3.05) is 7.05 Å². The minimum atomic E-state index is -3.93. The standard InChI is InChI=1S/C21H29N3O3S/c1-15-10-11-16(2)19(14-15)24-13-12-22-21(24)28(26,27)17(3)20(25)23(4)18-8-6-5-7-9-18/h10-14,17-18H,5-9H2,1-4H3. The first kappa shape index (κ1) is 20.6. The van der Waals surface area contributed by atoms with Crippen LogP contribution in [0.2, 0.25) is 0 Å². The molecule has 1 unspecified atom stereocenters. The van der Waals surface area contributed by atoms with E-state index in [1.54, 1.807) is 22.7 Å². The van der Waals surface area contributed by atoms with Gasteiger partial charge in [-0.2, -0.15) is 0 Å². The van der Waals surface area contributed by atoms with Crippen LogP contribution >= 0.6 is 0 Å². The van der Waals surface area contributed by atoms with Crippen molar-refractivity contribution in [1.82, 2.24) is 14.5 Å². The number of aryl methyl sites for hydroxylation is 2. The van der Waals surface area contributed by atoms with E-state index in [9.17, 15) is 13.2 Å². The SMILES string of the molecule is Cc1ccc(C)c(-n2ccnc2S(=O)(=O)C(C)C(=O)N(C)C2CCCCC2)c1. The summed E-state index contributed by atoms with van der Waals surface area (Å²) < 4.78 is 28.1. The van der Waals surface area contributed by atoms with Crippen LogP contribution in [0.15, 0.2) is 35.7 Å². The molecule has 0 aliphatic heterocycles. The van der Waals surface area contributed by atoms with E-state index < -0.39 is 15.1 Å². The van der Waals surface area contributed by atoms with Crippen molar-refractivity contribution in [2.24, 2.45) is 0 Å². The van der Waals surface area contributed by atoms with E-state index in [1.165, 1.54) is 19.5 Å². The smallest absolute Gasteiger partial charge is 0.241 e. The van der Waals surface area contributed by atoms with E-state index in [0.717, 1.165) is 42.5 Å². The highest BCUT2D eigenvalue weighted by atomic mass is 32.2. The van der Waals surface area contributed by atoms with Gasteiger partial charge in [0.05, 0.1) is 5.69 Å². The third-order valence-electron chi connectivity index (χ3n) is 5.77. The Kier molecular flexibility index (Phi) is 5.93. The molecule has 0 N–H and O–H groups in total. The van der Waals surface area contributed by atoms with Crippen molar-refractivity contribution in [3.05, 3.63) is 41.7 Å². The maximum absolute atomic E-state index is 13.3. The molecular formula is C21H29N3O3S. The summed E-state index contributed by atoms with van der Waals surface area (Å²) >= 11 is 0. The highest BCUT2D eigenvalue weighted by molar-refractivity contribution is 7.92. The minimum absolute atomic E-state index is 0.0842. The van der Waals surface area contributed by atoms with Gasteiger partial charge in [-0.1, -0.05) is 31.4 Å². The van der Waals surface area contributed by atoms with E-state index in [1.807, 2.05) is 32.0 Å². The number of sulfone groups is 1. The molecule has 1 aliphatic carbocycles. The number of carbonyl (C=O) groups is 1. The van der Waals surface area contributed by atoms with Crippen molar-refractivity contribution in [2.45, 2.75) is 69.3 Å². The van der Waals surface area contributed by atoms with Gasteiger partial charge in [-0.15, -0.1) is 0 Å². The van der Waals surface area contributed by atoms with Gasteiger partial charge in [-0.05, 0) is 50.8 Å². The van der Waals surface area contributed by atoms with Crippen molar-refractivity contribution in [1.29, 1.82) is 0 Å². The normalized spacial score (nSPS) is 16.7. The van der Waals surface area contributed by atoms with Gasteiger partial charge in [0, 0.05) is 25.5 Å². The molecule has 28 heavy (non-hydrogen) atoms. The molecule has 1 saturated carbocycles. The van der Waals surface area contributed by atoms with Gasteiger partial charge >= 0.3 is 0 Å². The lowest BCUT2D eigenvalue weighted by molar-refractivity contribution is -0.131. The molecule has 1 atom stereocenters. The average molecular weight is 404 g/mol. The highest BCUT2D eigenvalue weighted by Gasteiger charge is 2.37. The first-order valence-corrected chi connectivity index (χ1v) is 11.4. The molecule has 1 amide bonds. The predicted molar refractivity (Wildman–Crippen MR) is 109 cm³/mol. The number of carbonyl (C=O) groups excluding carboxylic acids is 1. The summed E-state index contributed by atoms with van der Waals surface area (Å²) in [5.41, 5.74) is 2.73. The topological polar surface area (TPSA) is 72.3 Å². The maximum atomic E-state index is 13.3. The third-order valence-corrected chi connectivity index (χ3v) is 7.71. The van der Waals surface area contributed by atoms with Crippen LogP contribution in [0.1, 0.15) is 50.2 Å². The Morgan fingerprint density at radius 3 is 2.57 bits per heavy atom. The Hall–Kier alpha value is -2.15. The Morgan fingerprint density at radius 2 is 1.89 bits per heavy atom. The van der Waals surface area contributed by atoms with Crippen LogP contribution < -0.4 is 0 Å². The van der Waals surface area contributed by atoms with Gasteiger partial charge in [0.25, 0.3) is 0 Å². The molecule has 152 valence electrons. The number of aromatic nitrogens is 2. The first-order chi connectivity index (χ1) is 13.2. The van der Waals surface area contributed by atoms with Crippen LogP contribution in [0.5, 0.6) is 0 Å². The van der Waals surface area contributed by atoms with Crippen molar-refractivity contribution in [3.8, 4) is 5.69 Å². The summed E-state index contributed by atoms with van der Waals surface area (Å²) in [5, 5.41) is -1.26. The van der Waals surface area contributed by atoms with E-state index >= 15 is 0 Å². The number of rotatable bonds is 5. The predicted octanol–water partition coefficient (Wildman–Crippen LogP) is 3.44. The number of amides is 1. The van der Waals surface area contributed by atoms with Crippen LogP contribution in [0.4, 0.5) is 0 Å². The van der Waals surface area contributed by atoms with E-state index in [0.29, 0.717) is 0 Å². The van der Waals surface area contributed by atoms with Gasteiger partial charge in [-0.25, -0.2) is 13.4 Å². The molecule has 1 fully saturated rings. The number of hydrogen-bond donors (Lipinski definition) is 0. The molecule has 1 aromatic carbocycles. The number of nitrogens with zero attached hydrogens (tertiary/aromatic N) is 3. The minimum Gasteiger partial charge on any atom is -0.342 e. The lowest BCUT2D eigenvalue weighted by Gasteiger charge is -2.32. The first-order valence-electron chi connectivity index (χ1n) is 9.85.